The highest BCUT2D eigenvalue weighted by atomic mass is 79.9. The van der Waals surface area contributed by atoms with Crippen LogP contribution in [0.1, 0.15) is 38.7 Å². The first-order valence-electron chi connectivity index (χ1n) is 9.46. The van der Waals surface area contributed by atoms with Crippen LogP contribution in [0.4, 0.5) is 5.69 Å². The molecule has 1 aliphatic heterocycles. The van der Waals surface area contributed by atoms with Gasteiger partial charge in [0.2, 0.25) is 5.91 Å². The molecule has 0 saturated heterocycles. The van der Waals surface area contributed by atoms with Gasteiger partial charge in [0.15, 0.2) is 0 Å². The number of carbonyl (C=O) groups is 2. The van der Waals surface area contributed by atoms with Gasteiger partial charge in [0.05, 0.1) is 6.04 Å². The second-order valence-electron chi connectivity index (χ2n) is 7.33. The topological polar surface area (TPSA) is 49.4 Å². The minimum Gasteiger partial charge on any atom is -0.324 e. The highest BCUT2D eigenvalue weighted by Crippen LogP contribution is 2.38. The first-order valence-corrected chi connectivity index (χ1v) is 10.3. The van der Waals surface area contributed by atoms with Crippen molar-refractivity contribution in [1.29, 1.82) is 0 Å². The van der Waals surface area contributed by atoms with Gasteiger partial charge in [0, 0.05) is 21.3 Å². The third kappa shape index (κ3) is 3.83. The lowest BCUT2D eigenvalue weighted by Crippen LogP contribution is -2.39. The van der Waals surface area contributed by atoms with Gasteiger partial charge in [0.1, 0.15) is 6.54 Å². The Morgan fingerprint density at radius 2 is 1.76 bits per heavy atom. The number of carbonyl (C=O) groups excluding carboxylic acids is 2. The van der Waals surface area contributed by atoms with Crippen LogP contribution in [0, 0.1) is 13.8 Å². The number of nitrogens with zero attached hydrogens (tertiary/aromatic N) is 1. The highest BCUT2D eigenvalue weighted by molar-refractivity contribution is 9.10. The molecule has 3 aromatic rings. The zero-order valence-corrected chi connectivity index (χ0v) is 17.9. The van der Waals surface area contributed by atoms with Crippen molar-refractivity contribution in [3.8, 4) is 0 Å². The molecule has 0 spiro atoms. The molecule has 146 valence electrons. The Balaban J connectivity index is 1.88. The molecule has 0 aromatic heterocycles. The molecule has 4 nitrogen and oxygen atoms in total. The van der Waals surface area contributed by atoms with Crippen molar-refractivity contribution >= 4 is 33.4 Å². The summed E-state index contributed by atoms with van der Waals surface area (Å²) in [5.74, 6) is -0.367. The maximum absolute atomic E-state index is 13.6. The summed E-state index contributed by atoms with van der Waals surface area (Å²) >= 11 is 3.53. The Morgan fingerprint density at radius 3 is 2.48 bits per heavy atom. The number of rotatable bonds is 2. The van der Waals surface area contributed by atoms with Crippen LogP contribution in [-0.4, -0.2) is 23.3 Å². The van der Waals surface area contributed by atoms with Gasteiger partial charge in [-0.2, -0.15) is 0 Å². The smallest absolute Gasteiger partial charge is 0.255 e. The number of aryl methyl sites for hydroxylation is 2. The van der Waals surface area contributed by atoms with Crippen LogP contribution in [0.5, 0.6) is 0 Å². The number of anilines is 1. The summed E-state index contributed by atoms with van der Waals surface area (Å²) in [6, 6.07) is 20.9. The van der Waals surface area contributed by atoms with E-state index >= 15 is 0 Å². The van der Waals surface area contributed by atoms with E-state index in [0.717, 1.165) is 32.4 Å². The van der Waals surface area contributed by atoms with E-state index in [2.05, 4.69) is 21.2 Å². The number of fused-ring (bicyclic) bond motifs is 1. The normalized spacial score (nSPS) is 16.0. The molecule has 0 bridgehead atoms. The van der Waals surface area contributed by atoms with Gasteiger partial charge in [-0.3, -0.25) is 9.59 Å². The quantitative estimate of drug-likeness (QED) is 0.581. The molecule has 0 saturated carbocycles. The lowest BCUT2D eigenvalue weighted by molar-refractivity contribution is -0.117. The molecule has 4 rings (SSSR count). The first-order chi connectivity index (χ1) is 13.9. The summed E-state index contributed by atoms with van der Waals surface area (Å²) in [4.78, 5) is 27.9. The Morgan fingerprint density at radius 1 is 1.00 bits per heavy atom. The Bertz CT molecular complexity index is 1100. The van der Waals surface area contributed by atoms with Crippen LogP contribution in [0.25, 0.3) is 0 Å². The van der Waals surface area contributed by atoms with Gasteiger partial charge < -0.3 is 10.2 Å². The number of hydrogen-bond acceptors (Lipinski definition) is 2. The molecule has 0 fully saturated rings. The average Bonchev–Trinajstić information content (AvgIpc) is 2.85. The SMILES string of the molecule is Cc1ccc(C(=O)N2CC(=O)Nc3ccc(Br)cc3C2c2ccccc2)cc1C. The molecule has 1 atom stereocenters. The van der Waals surface area contributed by atoms with Crippen LogP contribution in [-0.2, 0) is 4.79 Å². The molecule has 1 heterocycles. The average molecular weight is 449 g/mol. The van der Waals surface area contributed by atoms with Crippen molar-refractivity contribution in [3.63, 3.8) is 0 Å². The summed E-state index contributed by atoms with van der Waals surface area (Å²) in [6.45, 7) is 3.99. The van der Waals surface area contributed by atoms with Crippen molar-refractivity contribution in [2.24, 2.45) is 0 Å². The fourth-order valence-corrected chi connectivity index (χ4v) is 4.08. The second-order valence-corrected chi connectivity index (χ2v) is 8.24. The molecular formula is C24H21BrN2O2. The van der Waals surface area contributed by atoms with Gasteiger partial charge in [-0.25, -0.2) is 0 Å². The summed E-state index contributed by atoms with van der Waals surface area (Å²) < 4.78 is 0.895. The minimum absolute atomic E-state index is 0.0163. The predicted molar refractivity (Wildman–Crippen MR) is 118 cm³/mol. The monoisotopic (exact) mass is 448 g/mol. The fraction of sp³-hybridized carbons (Fsp3) is 0.167. The van der Waals surface area contributed by atoms with Crippen LogP contribution < -0.4 is 5.32 Å². The highest BCUT2D eigenvalue weighted by Gasteiger charge is 2.34. The molecule has 1 unspecified atom stereocenters. The molecule has 29 heavy (non-hydrogen) atoms. The third-order valence-electron chi connectivity index (χ3n) is 5.34. The minimum atomic E-state index is -0.378. The maximum Gasteiger partial charge on any atom is 0.255 e. The van der Waals surface area contributed by atoms with Gasteiger partial charge in [-0.05, 0) is 60.9 Å². The maximum atomic E-state index is 13.6. The second kappa shape index (κ2) is 7.84. The Hall–Kier alpha value is -2.92. The van der Waals surface area contributed by atoms with E-state index in [1.807, 2.05) is 80.6 Å². The fourth-order valence-electron chi connectivity index (χ4n) is 3.70. The number of hydrogen-bond donors (Lipinski definition) is 1. The molecule has 3 aromatic carbocycles. The van der Waals surface area contributed by atoms with Crippen LogP contribution in [0.3, 0.4) is 0 Å². The molecule has 0 aliphatic carbocycles. The van der Waals surface area contributed by atoms with Crippen molar-refractivity contribution < 1.29 is 9.59 Å². The lowest BCUT2D eigenvalue weighted by Gasteiger charge is -2.31. The van der Waals surface area contributed by atoms with Crippen LogP contribution >= 0.6 is 15.9 Å². The molecule has 1 aliphatic rings. The van der Waals surface area contributed by atoms with Crippen LogP contribution in [0.2, 0.25) is 0 Å². The van der Waals surface area contributed by atoms with Crippen molar-refractivity contribution in [3.05, 3.63) is 99.0 Å². The van der Waals surface area contributed by atoms with Crippen molar-refractivity contribution in [1.82, 2.24) is 4.90 Å². The molecule has 1 N–H and O–H groups in total. The van der Waals surface area contributed by atoms with Crippen molar-refractivity contribution in [2.75, 3.05) is 11.9 Å². The van der Waals surface area contributed by atoms with E-state index in [0.29, 0.717) is 5.56 Å². The van der Waals surface area contributed by atoms with Crippen LogP contribution in [0.15, 0.2) is 71.2 Å². The van der Waals surface area contributed by atoms with Gasteiger partial charge >= 0.3 is 0 Å². The van der Waals surface area contributed by atoms with E-state index in [1.54, 1.807) is 4.90 Å². The van der Waals surface area contributed by atoms with E-state index in [1.165, 1.54) is 0 Å². The Labute approximate surface area is 178 Å². The lowest BCUT2D eigenvalue weighted by atomic mass is 9.95. The first kappa shape index (κ1) is 19.4. The van der Waals surface area contributed by atoms with E-state index in [4.69, 9.17) is 0 Å². The molecule has 5 heteroatoms. The zero-order valence-electron chi connectivity index (χ0n) is 16.3. The number of halogens is 1. The van der Waals surface area contributed by atoms with E-state index < -0.39 is 0 Å². The van der Waals surface area contributed by atoms with E-state index in [-0.39, 0.29) is 24.4 Å². The summed E-state index contributed by atoms with van der Waals surface area (Å²) in [6.07, 6.45) is 0. The number of amides is 2. The Kier molecular flexibility index (Phi) is 5.24. The molecular weight excluding hydrogens is 428 g/mol. The zero-order chi connectivity index (χ0) is 20.5. The summed E-state index contributed by atoms with van der Waals surface area (Å²) in [7, 11) is 0. The van der Waals surface area contributed by atoms with Gasteiger partial charge in [-0.15, -0.1) is 0 Å². The summed E-state index contributed by atoms with van der Waals surface area (Å²) in [5.41, 5.74) is 5.33. The molecule has 0 radical (unpaired) electrons. The van der Waals surface area contributed by atoms with E-state index in [9.17, 15) is 9.59 Å². The largest absolute Gasteiger partial charge is 0.324 e. The van der Waals surface area contributed by atoms with Gasteiger partial charge in [0.25, 0.3) is 5.91 Å². The van der Waals surface area contributed by atoms with Gasteiger partial charge in [-0.1, -0.05) is 52.3 Å². The summed E-state index contributed by atoms with van der Waals surface area (Å²) in [5, 5.41) is 2.95. The third-order valence-corrected chi connectivity index (χ3v) is 5.83. The molecule has 2 amide bonds. The number of nitrogens with one attached hydrogen (secondary N) is 1. The number of benzene rings is 3. The standard InChI is InChI=1S/C24H21BrN2O2/c1-15-8-9-18(12-16(15)2)24(29)27-14-22(28)26-21-11-10-19(25)13-20(21)23(27)17-6-4-3-5-7-17/h3-13,23H,14H2,1-2H3,(H,26,28). The predicted octanol–water partition coefficient (Wildman–Crippen LogP) is 5.25. The van der Waals surface area contributed by atoms with Crippen molar-refractivity contribution in [2.45, 2.75) is 19.9 Å².